The van der Waals surface area contributed by atoms with E-state index in [0.29, 0.717) is 11.7 Å². The van der Waals surface area contributed by atoms with Crippen molar-refractivity contribution in [1.29, 1.82) is 0 Å². The molecule has 6 heteroatoms. The third kappa shape index (κ3) is 2.14. The molecule has 2 aromatic heterocycles. The predicted octanol–water partition coefficient (Wildman–Crippen LogP) is 3.44. The molecular formula is C20H21N5O. The number of aromatic nitrogens is 4. The molecule has 0 radical (unpaired) electrons. The topological polar surface area (TPSA) is 56.0 Å². The van der Waals surface area contributed by atoms with Crippen LogP contribution in [0.15, 0.2) is 43.2 Å². The van der Waals surface area contributed by atoms with Gasteiger partial charge in [-0.05, 0) is 44.4 Å². The Morgan fingerprint density at radius 2 is 1.92 bits per heavy atom. The van der Waals surface area contributed by atoms with Crippen LogP contribution in [0.1, 0.15) is 43.9 Å². The van der Waals surface area contributed by atoms with Crippen molar-refractivity contribution in [1.82, 2.24) is 19.1 Å². The molecule has 0 unspecified atom stereocenters. The molecule has 2 aliphatic rings. The van der Waals surface area contributed by atoms with Crippen LogP contribution in [0.3, 0.4) is 0 Å². The predicted molar refractivity (Wildman–Crippen MR) is 98.9 cm³/mol. The smallest absolute Gasteiger partial charge is 0.242 e. The second-order valence-electron chi connectivity index (χ2n) is 7.84. The van der Waals surface area contributed by atoms with Gasteiger partial charge >= 0.3 is 0 Å². The molecule has 6 nitrogen and oxygen atoms in total. The maximum Gasteiger partial charge on any atom is 0.242 e. The third-order valence-corrected chi connectivity index (χ3v) is 5.45. The summed E-state index contributed by atoms with van der Waals surface area (Å²) in [5.74, 6) is 1.33. The van der Waals surface area contributed by atoms with Crippen molar-refractivity contribution in [2.45, 2.75) is 38.0 Å². The summed E-state index contributed by atoms with van der Waals surface area (Å²) < 4.78 is 3.90. The minimum Gasteiger partial charge on any atom is -0.338 e. The van der Waals surface area contributed by atoms with Crippen molar-refractivity contribution in [2.75, 3.05) is 4.90 Å². The number of fused-ring (bicyclic) bond motifs is 1. The number of rotatable bonds is 3. The summed E-state index contributed by atoms with van der Waals surface area (Å²) in [5.41, 5.74) is 3.52. The SMILES string of the molecule is Cn1cnc(N2C(=O)C(C)(C)c3ccc(-n4cnc(C5CC5)c4)cc32)c1. The number of benzene rings is 1. The Kier molecular flexibility index (Phi) is 2.99. The molecule has 132 valence electrons. The molecule has 1 aliphatic heterocycles. The summed E-state index contributed by atoms with van der Waals surface area (Å²) in [5, 5.41) is 0. The highest BCUT2D eigenvalue weighted by Crippen LogP contribution is 2.45. The van der Waals surface area contributed by atoms with Gasteiger partial charge in [0.25, 0.3) is 0 Å². The molecular weight excluding hydrogens is 326 g/mol. The summed E-state index contributed by atoms with van der Waals surface area (Å²) in [7, 11) is 1.91. The van der Waals surface area contributed by atoms with Crippen molar-refractivity contribution in [3.63, 3.8) is 0 Å². The van der Waals surface area contributed by atoms with E-state index in [1.165, 1.54) is 12.8 Å². The number of carbonyl (C=O) groups excluding carboxylic acids is 1. The Morgan fingerprint density at radius 3 is 2.62 bits per heavy atom. The molecule has 3 heterocycles. The first-order chi connectivity index (χ1) is 12.4. The molecule has 0 N–H and O–H groups in total. The summed E-state index contributed by atoms with van der Waals surface area (Å²) in [4.78, 5) is 23.8. The van der Waals surface area contributed by atoms with Gasteiger partial charge in [0.1, 0.15) is 0 Å². The maximum atomic E-state index is 13.1. The molecule has 1 saturated carbocycles. The van der Waals surface area contributed by atoms with Gasteiger partial charge in [-0.2, -0.15) is 0 Å². The van der Waals surface area contributed by atoms with Crippen molar-refractivity contribution in [3.05, 3.63) is 54.5 Å². The van der Waals surface area contributed by atoms with E-state index in [9.17, 15) is 4.79 Å². The van der Waals surface area contributed by atoms with Crippen molar-refractivity contribution in [2.24, 2.45) is 7.05 Å². The van der Waals surface area contributed by atoms with Crippen LogP contribution in [0.2, 0.25) is 0 Å². The van der Waals surface area contributed by atoms with Gasteiger partial charge in [-0.25, -0.2) is 9.97 Å². The highest BCUT2D eigenvalue weighted by atomic mass is 16.2. The largest absolute Gasteiger partial charge is 0.338 e. The Bertz CT molecular complexity index is 1020. The number of hydrogen-bond acceptors (Lipinski definition) is 3. The van der Waals surface area contributed by atoms with Crippen LogP contribution in [0.5, 0.6) is 0 Å². The lowest BCUT2D eigenvalue weighted by Crippen LogP contribution is -2.33. The zero-order valence-corrected chi connectivity index (χ0v) is 15.2. The second kappa shape index (κ2) is 5.06. The fraction of sp³-hybridized carbons (Fsp3) is 0.350. The molecule has 1 amide bonds. The Labute approximate surface area is 152 Å². The highest BCUT2D eigenvalue weighted by Gasteiger charge is 2.45. The molecule has 0 spiro atoms. The van der Waals surface area contributed by atoms with Gasteiger partial charge in [0, 0.05) is 31.0 Å². The van der Waals surface area contributed by atoms with Crippen LogP contribution in [0.25, 0.3) is 5.69 Å². The molecule has 1 aliphatic carbocycles. The van der Waals surface area contributed by atoms with Gasteiger partial charge in [-0.1, -0.05) is 6.07 Å². The summed E-state index contributed by atoms with van der Waals surface area (Å²) >= 11 is 0. The van der Waals surface area contributed by atoms with Gasteiger partial charge in [0.05, 0.1) is 29.5 Å². The molecule has 1 fully saturated rings. The lowest BCUT2D eigenvalue weighted by molar-refractivity contribution is -0.121. The zero-order chi connectivity index (χ0) is 18.1. The van der Waals surface area contributed by atoms with Gasteiger partial charge in [-0.15, -0.1) is 0 Å². The van der Waals surface area contributed by atoms with E-state index in [2.05, 4.69) is 34.4 Å². The first-order valence-corrected chi connectivity index (χ1v) is 8.96. The highest BCUT2D eigenvalue weighted by molar-refractivity contribution is 6.12. The van der Waals surface area contributed by atoms with Crippen molar-refractivity contribution < 1.29 is 4.79 Å². The van der Waals surface area contributed by atoms with Crippen LogP contribution in [0, 0.1) is 0 Å². The van der Waals surface area contributed by atoms with Crippen LogP contribution in [-0.4, -0.2) is 25.0 Å². The number of aryl methyl sites for hydroxylation is 1. The van der Waals surface area contributed by atoms with E-state index >= 15 is 0 Å². The summed E-state index contributed by atoms with van der Waals surface area (Å²) in [6, 6.07) is 6.19. The normalized spacial score (nSPS) is 18.4. The van der Waals surface area contributed by atoms with E-state index in [1.54, 1.807) is 11.2 Å². The third-order valence-electron chi connectivity index (χ3n) is 5.45. The number of hydrogen-bond donors (Lipinski definition) is 0. The van der Waals surface area contributed by atoms with Crippen LogP contribution in [0.4, 0.5) is 11.5 Å². The number of nitrogens with zero attached hydrogens (tertiary/aromatic N) is 5. The van der Waals surface area contributed by atoms with Gasteiger partial charge in [0.2, 0.25) is 5.91 Å². The van der Waals surface area contributed by atoms with Gasteiger partial charge in [0.15, 0.2) is 5.82 Å². The minimum atomic E-state index is -0.570. The second-order valence-corrected chi connectivity index (χ2v) is 7.84. The molecule has 0 atom stereocenters. The van der Waals surface area contributed by atoms with Crippen LogP contribution < -0.4 is 4.90 Å². The lowest BCUT2D eigenvalue weighted by Gasteiger charge is -2.18. The van der Waals surface area contributed by atoms with Crippen LogP contribution >= 0.6 is 0 Å². The first-order valence-electron chi connectivity index (χ1n) is 8.96. The Balaban J connectivity index is 1.62. The van der Waals surface area contributed by atoms with E-state index in [1.807, 2.05) is 42.6 Å². The Hall–Kier alpha value is -2.89. The standard InChI is InChI=1S/C20H21N5O/c1-20(2)15-7-6-14(24-9-16(21-12-24)13-4-5-13)8-17(15)25(19(20)26)18-10-23(3)11-22-18/h6-13H,4-5H2,1-3H3. The van der Waals surface area contributed by atoms with Crippen LogP contribution in [-0.2, 0) is 17.3 Å². The van der Waals surface area contributed by atoms with E-state index < -0.39 is 5.41 Å². The van der Waals surface area contributed by atoms with Gasteiger partial charge in [-0.3, -0.25) is 9.69 Å². The maximum absolute atomic E-state index is 13.1. The average molecular weight is 347 g/mol. The van der Waals surface area contributed by atoms with Crippen molar-refractivity contribution >= 4 is 17.4 Å². The fourth-order valence-corrected chi connectivity index (χ4v) is 3.71. The first kappa shape index (κ1) is 15.4. The number of carbonyl (C=O) groups is 1. The van der Waals surface area contributed by atoms with E-state index in [0.717, 1.165) is 22.6 Å². The lowest BCUT2D eigenvalue weighted by atomic mass is 9.86. The molecule has 0 saturated heterocycles. The molecule has 0 bridgehead atoms. The fourth-order valence-electron chi connectivity index (χ4n) is 3.71. The minimum absolute atomic E-state index is 0.0488. The number of imidazole rings is 2. The Morgan fingerprint density at radius 1 is 1.12 bits per heavy atom. The zero-order valence-electron chi connectivity index (χ0n) is 15.2. The van der Waals surface area contributed by atoms with Gasteiger partial charge < -0.3 is 9.13 Å². The monoisotopic (exact) mass is 347 g/mol. The van der Waals surface area contributed by atoms with E-state index in [4.69, 9.17) is 0 Å². The molecule has 26 heavy (non-hydrogen) atoms. The number of amides is 1. The molecule has 3 aromatic rings. The molecule has 1 aromatic carbocycles. The quantitative estimate of drug-likeness (QED) is 0.729. The van der Waals surface area contributed by atoms with E-state index in [-0.39, 0.29) is 5.91 Å². The summed E-state index contributed by atoms with van der Waals surface area (Å²) in [6.07, 6.45) is 10.0. The number of anilines is 2. The average Bonchev–Trinajstić information content (AvgIpc) is 3.12. The molecule has 5 rings (SSSR count). The van der Waals surface area contributed by atoms with Crippen molar-refractivity contribution in [3.8, 4) is 5.69 Å². The summed E-state index contributed by atoms with van der Waals surface area (Å²) in [6.45, 7) is 3.94.